The Kier molecular flexibility index (Phi) is 1.68. The predicted molar refractivity (Wildman–Crippen MR) is 50.1 cm³/mol. The summed E-state index contributed by atoms with van der Waals surface area (Å²) >= 11 is 0. The summed E-state index contributed by atoms with van der Waals surface area (Å²) < 4.78 is 0. The molecule has 0 atom stereocenters. The van der Waals surface area contributed by atoms with Crippen LogP contribution in [0.1, 0.15) is 24.6 Å². The van der Waals surface area contributed by atoms with Crippen molar-refractivity contribution >= 4 is 11.4 Å². The quantitative estimate of drug-likeness (QED) is 0.572. The second-order valence-electron chi connectivity index (χ2n) is 3.24. The maximum absolute atomic E-state index is 4.48. The number of aliphatic imine (C=N–C) groups is 1. The molecule has 1 aliphatic rings. The number of fused-ring (bicyclic) bond motifs is 1. The van der Waals surface area contributed by atoms with Gasteiger partial charge in [0.2, 0.25) is 0 Å². The van der Waals surface area contributed by atoms with Crippen LogP contribution in [0, 0.1) is 6.92 Å². The first kappa shape index (κ1) is 7.47. The average Bonchev–Trinajstić information content (AvgIpc) is 2.04. The molecule has 1 aliphatic heterocycles. The zero-order chi connectivity index (χ0) is 8.55. The highest BCUT2D eigenvalue weighted by atomic mass is 14.8. The first-order valence-electron chi connectivity index (χ1n) is 4.26. The van der Waals surface area contributed by atoms with Crippen LogP contribution in [0.4, 0.5) is 5.69 Å². The van der Waals surface area contributed by atoms with Crippen LogP contribution in [0.5, 0.6) is 0 Å². The fraction of sp³-hybridized carbons (Fsp3) is 0.400. The van der Waals surface area contributed by atoms with Crippen LogP contribution in [0.2, 0.25) is 0 Å². The third-order valence-corrected chi connectivity index (χ3v) is 2.29. The zero-order valence-electron chi connectivity index (χ0n) is 7.46. The summed E-state index contributed by atoms with van der Waals surface area (Å²) in [5.41, 5.74) is 4.80. The third kappa shape index (κ3) is 1.13. The summed E-state index contributed by atoms with van der Waals surface area (Å²) in [6.07, 6.45) is 4.01. The van der Waals surface area contributed by atoms with Crippen LogP contribution < -0.4 is 0 Å². The van der Waals surface area contributed by atoms with Crippen LogP contribution in [-0.4, -0.2) is 10.7 Å². The maximum atomic E-state index is 4.48. The molecule has 0 aliphatic carbocycles. The van der Waals surface area contributed by atoms with E-state index >= 15 is 0 Å². The SMILES string of the molecule is CC1=Nc2ccnc(C)c2CC1. The predicted octanol–water partition coefficient (Wildman–Crippen LogP) is 2.43. The van der Waals surface area contributed by atoms with Crippen molar-refractivity contribution in [1.82, 2.24) is 4.98 Å². The molecular formula is C10H12N2. The van der Waals surface area contributed by atoms with Gasteiger partial charge in [-0.15, -0.1) is 0 Å². The minimum absolute atomic E-state index is 1.08. The summed E-state index contributed by atoms with van der Waals surface area (Å²) in [7, 11) is 0. The molecule has 12 heavy (non-hydrogen) atoms. The molecular weight excluding hydrogens is 148 g/mol. The number of aryl methyl sites for hydroxylation is 1. The first-order valence-corrected chi connectivity index (χ1v) is 4.26. The van der Waals surface area contributed by atoms with Gasteiger partial charge in [-0.3, -0.25) is 9.98 Å². The van der Waals surface area contributed by atoms with Gasteiger partial charge in [-0.1, -0.05) is 0 Å². The van der Waals surface area contributed by atoms with Gasteiger partial charge in [-0.05, 0) is 38.3 Å². The molecule has 2 heterocycles. The highest BCUT2D eigenvalue weighted by Gasteiger charge is 2.10. The molecule has 1 aromatic heterocycles. The van der Waals surface area contributed by atoms with Gasteiger partial charge in [-0.2, -0.15) is 0 Å². The van der Waals surface area contributed by atoms with Crippen molar-refractivity contribution in [3.05, 3.63) is 23.5 Å². The van der Waals surface area contributed by atoms with Gasteiger partial charge in [-0.25, -0.2) is 0 Å². The summed E-state index contributed by atoms with van der Waals surface area (Å²) in [6, 6.07) is 1.99. The average molecular weight is 160 g/mol. The van der Waals surface area contributed by atoms with Crippen molar-refractivity contribution in [1.29, 1.82) is 0 Å². The molecule has 0 amide bonds. The Hall–Kier alpha value is -1.18. The Balaban J connectivity index is 2.57. The Morgan fingerprint density at radius 3 is 2.92 bits per heavy atom. The van der Waals surface area contributed by atoms with Gasteiger partial charge < -0.3 is 0 Å². The number of hydrogen-bond donors (Lipinski definition) is 0. The molecule has 0 fully saturated rings. The Bertz CT molecular complexity index is 340. The minimum atomic E-state index is 1.08. The van der Waals surface area contributed by atoms with Crippen molar-refractivity contribution in [2.75, 3.05) is 0 Å². The van der Waals surface area contributed by atoms with Crippen LogP contribution >= 0.6 is 0 Å². The summed E-state index contributed by atoms with van der Waals surface area (Å²) in [6.45, 7) is 4.13. The smallest absolute Gasteiger partial charge is 0.0694 e. The number of rotatable bonds is 0. The van der Waals surface area contributed by atoms with Crippen molar-refractivity contribution in [2.24, 2.45) is 4.99 Å². The lowest BCUT2D eigenvalue weighted by molar-refractivity contribution is 0.959. The van der Waals surface area contributed by atoms with E-state index in [1.807, 2.05) is 12.3 Å². The molecule has 0 radical (unpaired) electrons. The van der Waals surface area contributed by atoms with E-state index in [2.05, 4.69) is 23.8 Å². The molecule has 0 spiro atoms. The molecule has 2 heteroatoms. The molecule has 1 aromatic rings. The normalized spacial score (nSPS) is 15.3. The van der Waals surface area contributed by atoms with Gasteiger partial charge in [0.1, 0.15) is 0 Å². The fourth-order valence-electron chi connectivity index (χ4n) is 1.56. The number of nitrogens with zero attached hydrogens (tertiary/aromatic N) is 2. The largest absolute Gasteiger partial charge is 0.261 e. The van der Waals surface area contributed by atoms with Crippen LogP contribution in [-0.2, 0) is 6.42 Å². The molecule has 0 saturated carbocycles. The standard InChI is InChI=1S/C10H12N2/c1-7-3-4-9-8(2)11-6-5-10(9)12-7/h5-6H,3-4H2,1-2H3. The Morgan fingerprint density at radius 1 is 1.25 bits per heavy atom. The van der Waals surface area contributed by atoms with Crippen LogP contribution in [0.15, 0.2) is 17.3 Å². The fourth-order valence-corrected chi connectivity index (χ4v) is 1.56. The van der Waals surface area contributed by atoms with Gasteiger partial charge in [0.05, 0.1) is 5.69 Å². The monoisotopic (exact) mass is 160 g/mol. The lowest BCUT2D eigenvalue weighted by Gasteiger charge is -2.13. The van der Waals surface area contributed by atoms with E-state index in [0.29, 0.717) is 0 Å². The Labute approximate surface area is 72.4 Å². The molecule has 62 valence electrons. The van der Waals surface area contributed by atoms with E-state index in [4.69, 9.17) is 0 Å². The van der Waals surface area contributed by atoms with Crippen molar-refractivity contribution in [3.63, 3.8) is 0 Å². The summed E-state index contributed by atoms with van der Waals surface area (Å²) in [5, 5.41) is 0. The van der Waals surface area contributed by atoms with E-state index in [1.54, 1.807) is 0 Å². The molecule has 0 bridgehead atoms. The maximum Gasteiger partial charge on any atom is 0.0694 e. The number of hydrogen-bond acceptors (Lipinski definition) is 2. The molecule has 0 unspecified atom stereocenters. The van der Waals surface area contributed by atoms with Gasteiger partial charge in [0.15, 0.2) is 0 Å². The summed E-state index contributed by atoms with van der Waals surface area (Å²) in [4.78, 5) is 8.73. The zero-order valence-corrected chi connectivity index (χ0v) is 7.46. The molecule has 0 N–H and O–H groups in total. The Morgan fingerprint density at radius 2 is 2.08 bits per heavy atom. The number of aromatic nitrogens is 1. The first-order chi connectivity index (χ1) is 5.77. The third-order valence-electron chi connectivity index (χ3n) is 2.29. The lowest BCUT2D eigenvalue weighted by atomic mass is 10.0. The van der Waals surface area contributed by atoms with Gasteiger partial charge in [0.25, 0.3) is 0 Å². The second-order valence-corrected chi connectivity index (χ2v) is 3.24. The highest BCUT2D eigenvalue weighted by Crippen LogP contribution is 2.26. The van der Waals surface area contributed by atoms with E-state index in [0.717, 1.165) is 24.2 Å². The highest BCUT2D eigenvalue weighted by molar-refractivity contribution is 5.87. The van der Waals surface area contributed by atoms with E-state index in [9.17, 15) is 0 Å². The van der Waals surface area contributed by atoms with E-state index in [-0.39, 0.29) is 0 Å². The van der Waals surface area contributed by atoms with Crippen molar-refractivity contribution in [3.8, 4) is 0 Å². The summed E-state index contributed by atoms with van der Waals surface area (Å²) in [5.74, 6) is 0. The molecule has 0 aromatic carbocycles. The van der Waals surface area contributed by atoms with Gasteiger partial charge in [0, 0.05) is 17.6 Å². The van der Waals surface area contributed by atoms with Crippen LogP contribution in [0.3, 0.4) is 0 Å². The van der Waals surface area contributed by atoms with Crippen molar-refractivity contribution in [2.45, 2.75) is 26.7 Å². The lowest BCUT2D eigenvalue weighted by Crippen LogP contribution is -2.04. The molecule has 2 nitrogen and oxygen atoms in total. The van der Waals surface area contributed by atoms with Gasteiger partial charge >= 0.3 is 0 Å². The van der Waals surface area contributed by atoms with E-state index < -0.39 is 0 Å². The molecule has 0 saturated heterocycles. The number of pyridine rings is 1. The minimum Gasteiger partial charge on any atom is -0.261 e. The van der Waals surface area contributed by atoms with Crippen molar-refractivity contribution < 1.29 is 0 Å². The topological polar surface area (TPSA) is 25.2 Å². The second kappa shape index (κ2) is 2.70. The molecule has 2 rings (SSSR count). The van der Waals surface area contributed by atoms with Crippen LogP contribution in [0.25, 0.3) is 0 Å². The van der Waals surface area contributed by atoms with E-state index in [1.165, 1.54) is 11.3 Å².